The molecule has 0 N–H and O–H groups in total. The maximum absolute atomic E-state index is 8.96. The van der Waals surface area contributed by atoms with Crippen LogP contribution in [0.4, 0.5) is 0 Å². The topological polar surface area (TPSA) is 84.8 Å². The highest BCUT2D eigenvalue weighted by Gasteiger charge is 2.12. The minimum atomic E-state index is 0.157. The largest absolute Gasteiger partial charge is 0.484 e. The Morgan fingerprint density at radius 2 is 2.08 bits per heavy atom. The second kappa shape index (κ2) is 7.55. The van der Waals surface area contributed by atoms with Crippen LogP contribution in [0, 0.1) is 25.2 Å². The van der Waals surface area contributed by atoms with E-state index in [4.69, 9.17) is 26.0 Å². The molecule has 0 amide bonds. The zero-order valence-corrected chi connectivity index (χ0v) is 15.1. The van der Waals surface area contributed by atoms with Gasteiger partial charge in [0.05, 0.1) is 5.02 Å². The summed E-state index contributed by atoms with van der Waals surface area (Å²) in [5.74, 6) is 1.14. The van der Waals surface area contributed by atoms with Crippen molar-refractivity contribution in [3.63, 3.8) is 0 Å². The summed E-state index contributed by atoms with van der Waals surface area (Å²) >= 11 is 7.02. The first kappa shape index (κ1) is 17.3. The molecule has 0 spiro atoms. The summed E-state index contributed by atoms with van der Waals surface area (Å²) in [5, 5.41) is 18.0. The van der Waals surface area contributed by atoms with E-state index in [9.17, 15) is 0 Å². The molecule has 0 aliphatic rings. The number of nitriles is 1. The molecule has 2 heterocycles. The molecule has 8 heteroatoms. The van der Waals surface area contributed by atoms with Crippen molar-refractivity contribution < 1.29 is 9.15 Å². The molecule has 1 aromatic carbocycles. The summed E-state index contributed by atoms with van der Waals surface area (Å²) in [7, 11) is 0. The zero-order chi connectivity index (χ0) is 17.8. The first-order valence-corrected chi connectivity index (χ1v) is 8.51. The van der Waals surface area contributed by atoms with Crippen LogP contribution in [-0.4, -0.2) is 15.2 Å². The molecule has 0 aliphatic carbocycles. The first-order chi connectivity index (χ1) is 12.0. The molecule has 126 valence electrons. The molecule has 3 aromatic rings. The summed E-state index contributed by atoms with van der Waals surface area (Å²) in [5.41, 5.74) is 2.31. The first-order valence-electron chi connectivity index (χ1n) is 7.32. The molecule has 0 bridgehead atoms. The number of ether oxygens (including phenoxy) is 1. The average molecular weight is 373 g/mol. The number of rotatable bonds is 5. The second-order valence-electron chi connectivity index (χ2n) is 5.21. The number of hydrogen-bond acceptors (Lipinski definition) is 7. The third kappa shape index (κ3) is 4.29. The number of benzene rings is 1. The van der Waals surface area contributed by atoms with E-state index in [1.54, 1.807) is 12.1 Å². The molecular formula is C17H13ClN4O2S. The monoisotopic (exact) mass is 372 g/mol. The van der Waals surface area contributed by atoms with Gasteiger partial charge in [-0.3, -0.25) is 0 Å². The molecule has 0 atom stereocenters. The lowest BCUT2D eigenvalue weighted by atomic mass is 10.1. The summed E-state index contributed by atoms with van der Waals surface area (Å²) < 4.78 is 11.3. The Morgan fingerprint density at radius 3 is 2.88 bits per heavy atom. The van der Waals surface area contributed by atoms with Crippen molar-refractivity contribution in [1.29, 1.82) is 5.26 Å². The van der Waals surface area contributed by atoms with Crippen molar-refractivity contribution >= 4 is 23.4 Å². The van der Waals surface area contributed by atoms with Gasteiger partial charge in [-0.25, -0.2) is 4.98 Å². The lowest BCUT2D eigenvalue weighted by molar-refractivity contribution is 0.250. The van der Waals surface area contributed by atoms with Crippen LogP contribution in [0.3, 0.4) is 0 Å². The van der Waals surface area contributed by atoms with E-state index < -0.39 is 0 Å². The minimum absolute atomic E-state index is 0.157. The molecule has 0 fully saturated rings. The minimum Gasteiger partial charge on any atom is -0.484 e. The molecule has 25 heavy (non-hydrogen) atoms. The summed E-state index contributed by atoms with van der Waals surface area (Å²) in [4.78, 5) is 4.12. The van der Waals surface area contributed by atoms with Crippen molar-refractivity contribution in [3.8, 4) is 11.8 Å². The van der Waals surface area contributed by atoms with E-state index in [1.807, 2.05) is 38.1 Å². The van der Waals surface area contributed by atoms with Crippen molar-refractivity contribution in [3.05, 3.63) is 58.1 Å². The Kier molecular flexibility index (Phi) is 5.22. The van der Waals surface area contributed by atoms with Gasteiger partial charge in [0.25, 0.3) is 11.1 Å². The smallest absolute Gasteiger partial charge is 0.283 e. The number of aryl methyl sites for hydroxylation is 2. The molecule has 2 aromatic heterocycles. The Balaban J connectivity index is 1.66. The van der Waals surface area contributed by atoms with Crippen molar-refractivity contribution in [2.45, 2.75) is 30.7 Å². The van der Waals surface area contributed by atoms with E-state index in [0.29, 0.717) is 21.2 Å². The zero-order valence-electron chi connectivity index (χ0n) is 13.5. The fourth-order valence-electron chi connectivity index (χ4n) is 1.99. The van der Waals surface area contributed by atoms with Gasteiger partial charge in [-0.1, -0.05) is 23.7 Å². The van der Waals surface area contributed by atoms with Gasteiger partial charge in [-0.05, 0) is 54.9 Å². The molecule has 0 unspecified atom stereocenters. The molecule has 0 aliphatic heterocycles. The predicted molar refractivity (Wildman–Crippen MR) is 92.6 cm³/mol. The SMILES string of the molecule is Cc1ccc(C)c(OCc2nnc(Sc3ccc(Cl)c(C#N)n3)o2)c1. The van der Waals surface area contributed by atoms with Crippen LogP contribution in [-0.2, 0) is 6.61 Å². The highest BCUT2D eigenvalue weighted by molar-refractivity contribution is 7.99. The van der Waals surface area contributed by atoms with Crippen molar-refractivity contribution in [2.75, 3.05) is 0 Å². The average Bonchev–Trinajstić information content (AvgIpc) is 3.05. The lowest BCUT2D eigenvalue weighted by Crippen LogP contribution is -1.97. The van der Waals surface area contributed by atoms with E-state index in [1.165, 1.54) is 0 Å². The highest BCUT2D eigenvalue weighted by Crippen LogP contribution is 2.27. The molecule has 0 saturated carbocycles. The third-order valence-corrected chi connectivity index (χ3v) is 4.34. The van der Waals surface area contributed by atoms with Crippen molar-refractivity contribution in [1.82, 2.24) is 15.2 Å². The van der Waals surface area contributed by atoms with Gasteiger partial charge >= 0.3 is 0 Å². The summed E-state index contributed by atoms with van der Waals surface area (Å²) in [6, 6.07) is 11.2. The van der Waals surface area contributed by atoms with E-state index in [-0.39, 0.29) is 12.3 Å². The summed E-state index contributed by atoms with van der Waals surface area (Å²) in [6.45, 7) is 4.15. The molecular weight excluding hydrogens is 360 g/mol. The Bertz CT molecular complexity index is 952. The van der Waals surface area contributed by atoms with E-state index in [0.717, 1.165) is 28.6 Å². The maximum atomic E-state index is 8.96. The third-order valence-electron chi connectivity index (χ3n) is 3.26. The van der Waals surface area contributed by atoms with Crippen LogP contribution < -0.4 is 4.74 Å². The van der Waals surface area contributed by atoms with Crippen LogP contribution in [0.25, 0.3) is 0 Å². The molecule has 0 saturated heterocycles. The standard InChI is InChI=1S/C17H13ClN4O2S/c1-10-3-4-11(2)14(7-10)23-9-15-21-22-17(24-15)25-16-6-5-12(18)13(8-19)20-16/h3-7H,9H2,1-2H3. The number of aromatic nitrogens is 3. The van der Waals surface area contributed by atoms with Gasteiger partial charge in [0, 0.05) is 0 Å². The van der Waals surface area contributed by atoms with E-state index in [2.05, 4.69) is 15.2 Å². The predicted octanol–water partition coefficient (Wildman–Crippen LogP) is 4.34. The van der Waals surface area contributed by atoms with Crippen LogP contribution in [0.15, 0.2) is 45.0 Å². The second-order valence-corrected chi connectivity index (χ2v) is 6.59. The highest BCUT2D eigenvalue weighted by atomic mass is 35.5. The van der Waals surface area contributed by atoms with Crippen LogP contribution in [0.5, 0.6) is 5.75 Å². The van der Waals surface area contributed by atoms with Gasteiger partial charge in [0.15, 0.2) is 12.3 Å². The van der Waals surface area contributed by atoms with Gasteiger partial charge in [-0.15, -0.1) is 10.2 Å². The van der Waals surface area contributed by atoms with E-state index >= 15 is 0 Å². The van der Waals surface area contributed by atoms with Crippen molar-refractivity contribution in [2.24, 2.45) is 0 Å². The van der Waals surface area contributed by atoms with Gasteiger partial charge in [0.2, 0.25) is 0 Å². The quantitative estimate of drug-likeness (QED) is 0.658. The fraction of sp³-hybridized carbons (Fsp3) is 0.176. The molecule has 6 nitrogen and oxygen atoms in total. The van der Waals surface area contributed by atoms with Crippen LogP contribution in [0.2, 0.25) is 5.02 Å². The maximum Gasteiger partial charge on any atom is 0.283 e. The Morgan fingerprint density at radius 1 is 1.24 bits per heavy atom. The normalized spacial score (nSPS) is 10.5. The van der Waals surface area contributed by atoms with Gasteiger partial charge < -0.3 is 9.15 Å². The Hall–Kier alpha value is -2.56. The van der Waals surface area contributed by atoms with Gasteiger partial charge in [0.1, 0.15) is 16.8 Å². The van der Waals surface area contributed by atoms with Gasteiger partial charge in [-0.2, -0.15) is 5.26 Å². The summed E-state index contributed by atoms with van der Waals surface area (Å²) in [6.07, 6.45) is 0. The molecule has 0 radical (unpaired) electrons. The number of hydrogen-bond donors (Lipinski definition) is 0. The number of pyridine rings is 1. The lowest BCUT2D eigenvalue weighted by Gasteiger charge is -2.07. The fourth-order valence-corrected chi connectivity index (χ4v) is 2.81. The van der Waals surface area contributed by atoms with Crippen LogP contribution in [0.1, 0.15) is 22.7 Å². The Labute approximate surface area is 153 Å². The number of nitrogens with zero attached hydrogens (tertiary/aromatic N) is 4. The number of halogens is 1. The van der Waals surface area contributed by atoms with Crippen LogP contribution >= 0.6 is 23.4 Å². The molecule has 3 rings (SSSR count).